The van der Waals surface area contributed by atoms with Gasteiger partial charge in [-0.15, -0.1) is 0 Å². The minimum Gasteiger partial charge on any atom is -0.379 e. The number of para-hydroxylation sites is 2. The van der Waals surface area contributed by atoms with Crippen LogP contribution in [0.2, 0.25) is 5.02 Å². The Labute approximate surface area is 230 Å². The number of carbonyl (C=O) groups excluding carboxylic acids is 1. The molecular formula is C29H32ClN7O2. The van der Waals surface area contributed by atoms with Gasteiger partial charge in [0.25, 0.3) is 5.56 Å². The predicted octanol–water partition coefficient (Wildman–Crippen LogP) is 3.93. The van der Waals surface area contributed by atoms with E-state index in [1.807, 2.05) is 36.4 Å². The molecule has 2 aromatic heterocycles. The highest BCUT2D eigenvalue weighted by molar-refractivity contribution is 6.34. The lowest BCUT2D eigenvalue weighted by Crippen LogP contribution is -2.53. The first kappa shape index (κ1) is 24.5. The summed E-state index contributed by atoms with van der Waals surface area (Å²) in [4.78, 5) is 41.3. The number of halogens is 1. The SMILES string of the molecule is NC(=O)C1CCN(c2cc3[nH]c(=O)c(-c4nc5ccccc5[nH]4)c(N[C@H]4CN5CCC4CC5)c3cc2Cl)CC1. The molecular weight excluding hydrogens is 514 g/mol. The second kappa shape index (κ2) is 9.57. The second-order valence-electron chi connectivity index (χ2n) is 11.2. The fourth-order valence-corrected chi connectivity index (χ4v) is 7.00. The van der Waals surface area contributed by atoms with Gasteiger partial charge in [0.2, 0.25) is 5.91 Å². The van der Waals surface area contributed by atoms with Crippen molar-refractivity contribution < 1.29 is 4.79 Å². The third-order valence-electron chi connectivity index (χ3n) is 8.93. The standard InChI is InChI=1S/C29H32ClN7O2/c30-19-13-18-22(14-24(19)37-11-7-17(8-12-37)27(31)38)35-29(39)25(28-33-20-3-1-2-4-21(20)34-28)26(18)32-23-15-36-9-5-16(23)6-10-36/h1-4,13-14,16-17,23H,5-12,15H2,(H2,31,38)(H,33,34)(H2,32,35,39)/t23-/m0/s1. The Morgan fingerprint density at radius 2 is 1.79 bits per heavy atom. The molecule has 4 aliphatic rings. The van der Waals surface area contributed by atoms with Crippen molar-refractivity contribution in [1.82, 2.24) is 19.9 Å². The van der Waals surface area contributed by atoms with E-state index in [1.54, 1.807) is 0 Å². The summed E-state index contributed by atoms with van der Waals surface area (Å²) in [5.41, 5.74) is 9.88. The Balaban J connectivity index is 1.35. The lowest BCUT2D eigenvalue weighted by atomic mass is 9.83. The van der Waals surface area contributed by atoms with Crippen LogP contribution in [0.5, 0.6) is 0 Å². The van der Waals surface area contributed by atoms with Crippen molar-refractivity contribution in [3.05, 3.63) is 51.8 Å². The summed E-state index contributed by atoms with van der Waals surface area (Å²) >= 11 is 6.93. The van der Waals surface area contributed by atoms with Crippen LogP contribution in [-0.4, -0.2) is 64.5 Å². The van der Waals surface area contributed by atoms with E-state index in [1.165, 1.54) is 0 Å². The van der Waals surface area contributed by atoms with Crippen LogP contribution in [-0.2, 0) is 4.79 Å². The van der Waals surface area contributed by atoms with E-state index >= 15 is 0 Å². The molecule has 2 bridgehead atoms. The van der Waals surface area contributed by atoms with Gasteiger partial charge < -0.3 is 30.8 Å². The van der Waals surface area contributed by atoms with Gasteiger partial charge >= 0.3 is 0 Å². The topological polar surface area (TPSA) is 123 Å². The Bertz CT molecular complexity index is 1600. The number of nitrogens with zero attached hydrogens (tertiary/aromatic N) is 3. The summed E-state index contributed by atoms with van der Waals surface area (Å²) in [5.74, 6) is 0.750. The number of hydrogen-bond donors (Lipinski definition) is 4. The zero-order valence-electron chi connectivity index (χ0n) is 21.7. The lowest BCUT2D eigenvalue weighted by molar-refractivity contribution is -0.122. The molecule has 0 unspecified atom stereocenters. The number of H-pyrrole nitrogens is 2. The average Bonchev–Trinajstić information content (AvgIpc) is 3.37. The van der Waals surface area contributed by atoms with Crippen LogP contribution in [0.15, 0.2) is 41.2 Å². The van der Waals surface area contributed by atoms with Gasteiger partial charge in [-0.1, -0.05) is 23.7 Å². The van der Waals surface area contributed by atoms with Crippen molar-refractivity contribution in [2.75, 3.05) is 42.9 Å². The predicted molar refractivity (Wildman–Crippen MR) is 155 cm³/mol. The molecule has 1 amide bonds. The molecule has 1 atom stereocenters. The van der Waals surface area contributed by atoms with E-state index in [0.717, 1.165) is 65.8 Å². The number of imidazole rings is 1. The number of hydrogen-bond acceptors (Lipinski definition) is 6. The molecule has 0 radical (unpaired) electrons. The minimum atomic E-state index is -0.245. The molecule has 0 aliphatic carbocycles. The van der Waals surface area contributed by atoms with Crippen molar-refractivity contribution in [3.63, 3.8) is 0 Å². The third-order valence-corrected chi connectivity index (χ3v) is 9.23. The summed E-state index contributed by atoms with van der Waals surface area (Å²) in [6.07, 6.45) is 3.70. The average molecular weight is 546 g/mol. The molecule has 202 valence electrons. The maximum Gasteiger partial charge on any atom is 0.261 e. The number of aromatic nitrogens is 3. The number of pyridine rings is 1. The normalized spacial score (nSPS) is 23.5. The molecule has 8 rings (SSSR count). The molecule has 4 fully saturated rings. The number of nitrogens with two attached hydrogens (primary N) is 1. The molecule has 6 heterocycles. The zero-order valence-corrected chi connectivity index (χ0v) is 22.4. The van der Waals surface area contributed by atoms with Gasteiger partial charge in [0.05, 0.1) is 32.9 Å². The Morgan fingerprint density at radius 1 is 1.03 bits per heavy atom. The van der Waals surface area contributed by atoms with Crippen LogP contribution < -0.4 is 21.5 Å². The van der Waals surface area contributed by atoms with Gasteiger partial charge in [0.15, 0.2) is 0 Å². The number of primary amides is 1. The highest BCUT2D eigenvalue weighted by Gasteiger charge is 2.35. The van der Waals surface area contributed by atoms with Crippen LogP contribution in [0.25, 0.3) is 33.3 Å². The molecule has 10 heteroatoms. The quantitative estimate of drug-likeness (QED) is 0.301. The fraction of sp³-hybridized carbons (Fsp3) is 0.414. The first-order valence-electron chi connectivity index (χ1n) is 13.8. The number of nitrogens with one attached hydrogen (secondary N) is 3. The van der Waals surface area contributed by atoms with Crippen molar-refractivity contribution in [3.8, 4) is 11.4 Å². The summed E-state index contributed by atoms with van der Waals surface area (Å²) < 4.78 is 0. The van der Waals surface area contributed by atoms with Gasteiger partial charge in [-0.3, -0.25) is 9.59 Å². The highest BCUT2D eigenvalue weighted by atomic mass is 35.5. The van der Waals surface area contributed by atoms with Crippen LogP contribution in [0.1, 0.15) is 25.7 Å². The monoisotopic (exact) mass is 545 g/mol. The maximum absolute atomic E-state index is 13.8. The first-order valence-corrected chi connectivity index (χ1v) is 14.2. The van der Waals surface area contributed by atoms with Crippen molar-refractivity contribution in [1.29, 1.82) is 0 Å². The van der Waals surface area contributed by atoms with E-state index in [-0.39, 0.29) is 23.4 Å². The fourth-order valence-electron chi connectivity index (χ4n) is 6.71. The first-order chi connectivity index (χ1) is 18.9. The van der Waals surface area contributed by atoms with E-state index < -0.39 is 0 Å². The number of benzene rings is 2. The summed E-state index contributed by atoms with van der Waals surface area (Å²) in [6.45, 7) is 4.60. The van der Waals surface area contributed by atoms with Crippen LogP contribution in [0.4, 0.5) is 11.4 Å². The van der Waals surface area contributed by atoms with Crippen LogP contribution in [0.3, 0.4) is 0 Å². The molecule has 9 nitrogen and oxygen atoms in total. The Kier molecular flexibility index (Phi) is 6.01. The summed E-state index contributed by atoms with van der Waals surface area (Å²) in [7, 11) is 0. The number of anilines is 2. The number of carbonyl (C=O) groups is 1. The van der Waals surface area contributed by atoms with Gasteiger partial charge in [-0.25, -0.2) is 4.98 Å². The Hall–Kier alpha value is -3.56. The number of amides is 1. The molecule has 4 saturated heterocycles. The number of aromatic amines is 2. The largest absolute Gasteiger partial charge is 0.379 e. The van der Waals surface area contributed by atoms with E-state index in [4.69, 9.17) is 22.3 Å². The maximum atomic E-state index is 13.8. The number of rotatable bonds is 5. The van der Waals surface area contributed by atoms with Crippen LogP contribution >= 0.6 is 11.6 Å². The van der Waals surface area contributed by atoms with E-state index in [0.29, 0.717) is 48.3 Å². The molecule has 0 spiro atoms. The van der Waals surface area contributed by atoms with Crippen molar-refractivity contribution >= 4 is 50.8 Å². The molecule has 2 aromatic carbocycles. The smallest absolute Gasteiger partial charge is 0.261 e. The number of piperidine rings is 4. The second-order valence-corrected chi connectivity index (χ2v) is 11.6. The van der Waals surface area contributed by atoms with Crippen molar-refractivity contribution in [2.45, 2.75) is 31.7 Å². The van der Waals surface area contributed by atoms with E-state index in [9.17, 15) is 9.59 Å². The third kappa shape index (κ3) is 4.33. The van der Waals surface area contributed by atoms with Gasteiger partial charge in [0, 0.05) is 37.0 Å². The van der Waals surface area contributed by atoms with Crippen LogP contribution in [0, 0.1) is 11.8 Å². The molecule has 4 aromatic rings. The van der Waals surface area contributed by atoms with E-state index in [2.05, 4.69) is 25.1 Å². The Morgan fingerprint density at radius 3 is 2.49 bits per heavy atom. The van der Waals surface area contributed by atoms with Gasteiger partial charge in [-0.05, 0) is 69.0 Å². The minimum absolute atomic E-state index is 0.107. The molecule has 5 N–H and O–H groups in total. The van der Waals surface area contributed by atoms with Crippen molar-refractivity contribution in [2.24, 2.45) is 17.6 Å². The molecule has 4 aliphatic heterocycles. The molecule has 39 heavy (non-hydrogen) atoms. The zero-order chi connectivity index (χ0) is 26.7. The number of fused-ring (bicyclic) bond motifs is 5. The summed E-state index contributed by atoms with van der Waals surface area (Å²) in [5, 5.41) is 5.28. The summed E-state index contributed by atoms with van der Waals surface area (Å²) in [6, 6.07) is 12.0. The lowest BCUT2D eigenvalue weighted by Gasteiger charge is -2.45. The van der Waals surface area contributed by atoms with Gasteiger partial charge in [-0.2, -0.15) is 0 Å². The van der Waals surface area contributed by atoms with Gasteiger partial charge in [0.1, 0.15) is 11.4 Å². The highest BCUT2D eigenvalue weighted by Crippen LogP contribution is 2.39. The molecule has 0 saturated carbocycles.